The van der Waals surface area contributed by atoms with Gasteiger partial charge in [0.25, 0.3) is 5.91 Å². The highest BCUT2D eigenvalue weighted by atomic mass is 35.5. The van der Waals surface area contributed by atoms with Crippen molar-refractivity contribution in [1.82, 2.24) is 5.32 Å². The zero-order valence-corrected chi connectivity index (χ0v) is 16.3. The Bertz CT molecular complexity index is 877. The minimum Gasteiger partial charge on any atom is -0.448 e. The molecule has 146 valence electrons. The van der Waals surface area contributed by atoms with E-state index < -0.39 is 24.0 Å². The number of nitrogens with one attached hydrogen (secondary N) is 1. The maximum absolute atomic E-state index is 12.9. The summed E-state index contributed by atoms with van der Waals surface area (Å²) in [5.74, 6) is -1.85. The Morgan fingerprint density at radius 1 is 1.04 bits per heavy atom. The van der Waals surface area contributed by atoms with E-state index in [1.807, 2.05) is 35.6 Å². The summed E-state index contributed by atoms with van der Waals surface area (Å²) in [6, 6.07) is 14.9. The number of halogens is 1. The van der Waals surface area contributed by atoms with Crippen molar-refractivity contribution in [2.45, 2.75) is 20.0 Å². The standard InChI is InChI=1S/C21H21ClN2O4/c1-13(2)18(19(25)24-21(23)27)28-20(26)17(12-14-6-4-3-5-7-14)15-8-10-16(22)11-9-15/h3-13,18H,1-2H3,(H3,23,24,25,27)/b17-12+/t18-/m1/s1. The van der Waals surface area contributed by atoms with E-state index in [0.29, 0.717) is 10.6 Å². The normalized spacial score (nSPS) is 12.4. The molecular formula is C21H21ClN2O4. The molecule has 0 fully saturated rings. The summed E-state index contributed by atoms with van der Waals surface area (Å²) in [6.45, 7) is 3.39. The van der Waals surface area contributed by atoms with Crippen LogP contribution in [0, 0.1) is 5.92 Å². The smallest absolute Gasteiger partial charge is 0.339 e. The molecule has 28 heavy (non-hydrogen) atoms. The van der Waals surface area contributed by atoms with Crippen molar-refractivity contribution in [1.29, 1.82) is 0 Å². The Hall–Kier alpha value is -3.12. The average molecular weight is 401 g/mol. The van der Waals surface area contributed by atoms with Gasteiger partial charge in [0.1, 0.15) is 0 Å². The average Bonchev–Trinajstić information content (AvgIpc) is 2.64. The molecule has 7 heteroatoms. The number of imide groups is 1. The van der Waals surface area contributed by atoms with E-state index in [9.17, 15) is 14.4 Å². The van der Waals surface area contributed by atoms with Crippen LogP contribution in [0.15, 0.2) is 54.6 Å². The fourth-order valence-corrected chi connectivity index (χ4v) is 2.60. The van der Waals surface area contributed by atoms with Gasteiger partial charge in [-0.3, -0.25) is 10.1 Å². The topological polar surface area (TPSA) is 98.5 Å². The number of hydrogen-bond donors (Lipinski definition) is 2. The number of ether oxygens (including phenoxy) is 1. The molecule has 2 aromatic carbocycles. The summed E-state index contributed by atoms with van der Waals surface area (Å²) >= 11 is 5.94. The van der Waals surface area contributed by atoms with Crippen LogP contribution in [0.3, 0.4) is 0 Å². The third kappa shape index (κ3) is 5.96. The first-order valence-corrected chi connectivity index (χ1v) is 8.99. The predicted molar refractivity (Wildman–Crippen MR) is 108 cm³/mol. The zero-order chi connectivity index (χ0) is 20.7. The van der Waals surface area contributed by atoms with Gasteiger partial charge in [0.2, 0.25) is 0 Å². The van der Waals surface area contributed by atoms with Gasteiger partial charge < -0.3 is 10.5 Å². The van der Waals surface area contributed by atoms with Crippen molar-refractivity contribution in [3.05, 3.63) is 70.7 Å². The van der Waals surface area contributed by atoms with Gasteiger partial charge in [-0.25, -0.2) is 9.59 Å². The number of carbonyl (C=O) groups excluding carboxylic acids is 3. The molecule has 0 saturated carbocycles. The van der Waals surface area contributed by atoms with Gasteiger partial charge >= 0.3 is 12.0 Å². The summed E-state index contributed by atoms with van der Waals surface area (Å²) in [7, 11) is 0. The lowest BCUT2D eigenvalue weighted by atomic mass is 10.0. The first-order valence-electron chi connectivity index (χ1n) is 8.62. The first-order chi connectivity index (χ1) is 13.3. The van der Waals surface area contributed by atoms with Crippen molar-refractivity contribution in [2.24, 2.45) is 11.7 Å². The summed E-state index contributed by atoms with van der Waals surface area (Å²) in [5, 5.41) is 2.48. The molecular weight excluding hydrogens is 380 g/mol. The van der Waals surface area contributed by atoms with E-state index in [2.05, 4.69) is 0 Å². The highest BCUT2D eigenvalue weighted by Crippen LogP contribution is 2.23. The van der Waals surface area contributed by atoms with Crippen molar-refractivity contribution < 1.29 is 19.1 Å². The molecule has 2 aromatic rings. The molecule has 0 aliphatic heterocycles. The van der Waals surface area contributed by atoms with Crippen LogP contribution in [-0.2, 0) is 14.3 Å². The molecule has 0 radical (unpaired) electrons. The lowest BCUT2D eigenvalue weighted by Crippen LogP contribution is -2.45. The van der Waals surface area contributed by atoms with E-state index in [-0.39, 0.29) is 11.5 Å². The number of benzene rings is 2. The quantitative estimate of drug-likeness (QED) is 0.439. The van der Waals surface area contributed by atoms with Crippen LogP contribution >= 0.6 is 11.6 Å². The maximum atomic E-state index is 12.9. The van der Waals surface area contributed by atoms with Crippen LogP contribution in [0.5, 0.6) is 0 Å². The van der Waals surface area contributed by atoms with Gasteiger partial charge in [0.15, 0.2) is 6.10 Å². The van der Waals surface area contributed by atoms with Crippen LogP contribution in [0.1, 0.15) is 25.0 Å². The van der Waals surface area contributed by atoms with Crippen molar-refractivity contribution in [2.75, 3.05) is 0 Å². The molecule has 0 aliphatic rings. The third-order valence-corrected chi connectivity index (χ3v) is 4.08. The van der Waals surface area contributed by atoms with E-state index in [1.54, 1.807) is 44.2 Å². The van der Waals surface area contributed by atoms with Crippen molar-refractivity contribution in [3.63, 3.8) is 0 Å². The second kappa shape index (κ2) is 9.71. The second-order valence-corrected chi connectivity index (χ2v) is 6.84. The molecule has 0 aromatic heterocycles. The van der Waals surface area contributed by atoms with Crippen molar-refractivity contribution in [3.8, 4) is 0 Å². The highest BCUT2D eigenvalue weighted by Gasteiger charge is 2.29. The van der Waals surface area contributed by atoms with Crippen LogP contribution < -0.4 is 11.1 Å². The molecule has 3 N–H and O–H groups in total. The molecule has 0 unspecified atom stereocenters. The zero-order valence-electron chi connectivity index (χ0n) is 15.5. The molecule has 0 saturated heterocycles. The number of amides is 3. The summed E-state index contributed by atoms with van der Waals surface area (Å²) < 4.78 is 5.43. The number of rotatable bonds is 6. The van der Waals surface area contributed by atoms with Gasteiger partial charge in [-0.1, -0.05) is 67.9 Å². The van der Waals surface area contributed by atoms with Crippen LogP contribution in [-0.4, -0.2) is 24.0 Å². The molecule has 3 amide bonds. The van der Waals surface area contributed by atoms with E-state index in [1.165, 1.54) is 0 Å². The number of primary amides is 1. The van der Waals surface area contributed by atoms with Gasteiger partial charge in [-0.05, 0) is 35.3 Å². The fraction of sp³-hybridized carbons (Fsp3) is 0.190. The summed E-state index contributed by atoms with van der Waals surface area (Å²) in [6.07, 6.45) is 0.487. The molecule has 0 heterocycles. The van der Waals surface area contributed by atoms with Gasteiger partial charge in [-0.2, -0.15) is 0 Å². The fourth-order valence-electron chi connectivity index (χ4n) is 2.47. The molecule has 1 atom stereocenters. The molecule has 2 rings (SSSR count). The minimum atomic E-state index is -1.17. The van der Waals surface area contributed by atoms with Crippen molar-refractivity contribution >= 4 is 41.2 Å². The highest BCUT2D eigenvalue weighted by molar-refractivity contribution is 6.30. The lowest BCUT2D eigenvalue weighted by Gasteiger charge is -2.21. The maximum Gasteiger partial charge on any atom is 0.339 e. The number of nitrogens with two attached hydrogens (primary N) is 1. The van der Waals surface area contributed by atoms with Crippen LogP contribution in [0.25, 0.3) is 11.6 Å². The molecule has 0 aliphatic carbocycles. The largest absolute Gasteiger partial charge is 0.448 e. The Balaban J connectivity index is 2.37. The third-order valence-electron chi connectivity index (χ3n) is 3.83. The first kappa shape index (κ1) is 21.2. The van der Waals surface area contributed by atoms with E-state index >= 15 is 0 Å². The van der Waals surface area contributed by atoms with Gasteiger partial charge in [-0.15, -0.1) is 0 Å². The number of carbonyl (C=O) groups is 3. The SMILES string of the molecule is CC(C)[C@@H](OC(=O)/C(=C/c1ccccc1)c1ccc(Cl)cc1)C(=O)NC(N)=O. The molecule has 0 bridgehead atoms. The van der Waals surface area contributed by atoms with Crippen LogP contribution in [0.2, 0.25) is 5.02 Å². The molecule has 0 spiro atoms. The number of esters is 1. The van der Waals surface area contributed by atoms with Gasteiger partial charge in [0, 0.05) is 5.02 Å². The lowest BCUT2D eigenvalue weighted by molar-refractivity contribution is -0.152. The predicted octanol–water partition coefficient (Wildman–Crippen LogP) is 3.64. The Morgan fingerprint density at radius 3 is 2.18 bits per heavy atom. The Morgan fingerprint density at radius 2 is 1.64 bits per heavy atom. The summed E-state index contributed by atoms with van der Waals surface area (Å²) in [5.41, 5.74) is 6.61. The van der Waals surface area contributed by atoms with Gasteiger partial charge in [0.05, 0.1) is 5.57 Å². The Labute approximate surface area is 168 Å². The summed E-state index contributed by atoms with van der Waals surface area (Å²) in [4.78, 5) is 36.1. The second-order valence-electron chi connectivity index (χ2n) is 6.40. The number of hydrogen-bond acceptors (Lipinski definition) is 4. The minimum absolute atomic E-state index is 0.250. The Kier molecular flexibility index (Phi) is 7.35. The molecule has 6 nitrogen and oxygen atoms in total. The van der Waals surface area contributed by atoms with E-state index in [4.69, 9.17) is 22.1 Å². The van der Waals surface area contributed by atoms with Crippen LogP contribution in [0.4, 0.5) is 4.79 Å². The van der Waals surface area contributed by atoms with E-state index in [0.717, 1.165) is 5.56 Å². The monoisotopic (exact) mass is 400 g/mol. The number of urea groups is 1.